The van der Waals surface area contributed by atoms with Crippen molar-refractivity contribution in [2.45, 2.75) is 120 Å². The number of carbonyl (C=O) groups excluding carboxylic acids is 1. The van der Waals surface area contributed by atoms with Gasteiger partial charge in [-0.25, -0.2) is 0 Å². The molecular weight excluding hydrogens is 376 g/mol. The second-order valence-electron chi connectivity index (χ2n) is 15.0. The SMILES string of the molecule is CC1(C)CC[C@@]2(C)CC[C@]3(C)C(=CC[C@H]4[C@@]5(C)CCC(=O)C(C)(C)[C@@H]5CC[C@@]43C)[C@@H]2C1. The van der Waals surface area contributed by atoms with Gasteiger partial charge in [0.1, 0.15) is 5.78 Å². The lowest BCUT2D eigenvalue weighted by Gasteiger charge is -2.70. The van der Waals surface area contributed by atoms with Gasteiger partial charge in [0.2, 0.25) is 0 Å². The maximum absolute atomic E-state index is 12.9. The van der Waals surface area contributed by atoms with Crippen molar-refractivity contribution >= 4 is 5.78 Å². The number of carbonyl (C=O) groups is 1. The molecule has 0 aliphatic heterocycles. The Morgan fingerprint density at radius 2 is 1.48 bits per heavy atom. The van der Waals surface area contributed by atoms with Gasteiger partial charge in [-0.1, -0.05) is 67.0 Å². The summed E-state index contributed by atoms with van der Waals surface area (Å²) in [6.45, 7) is 20.1. The van der Waals surface area contributed by atoms with Crippen LogP contribution in [0.15, 0.2) is 11.6 Å². The van der Waals surface area contributed by atoms with Gasteiger partial charge < -0.3 is 0 Å². The number of fused-ring (bicyclic) bond motifs is 7. The molecule has 5 rings (SSSR count). The van der Waals surface area contributed by atoms with Crippen LogP contribution in [0.2, 0.25) is 0 Å². The van der Waals surface area contributed by atoms with Gasteiger partial charge in [-0.2, -0.15) is 0 Å². The van der Waals surface area contributed by atoms with Gasteiger partial charge in [0.05, 0.1) is 0 Å². The Bertz CT molecular complexity index is 831. The minimum atomic E-state index is -0.141. The van der Waals surface area contributed by atoms with Crippen molar-refractivity contribution in [3.8, 4) is 0 Å². The van der Waals surface area contributed by atoms with Gasteiger partial charge in [-0.15, -0.1) is 0 Å². The van der Waals surface area contributed by atoms with E-state index in [1.165, 1.54) is 51.4 Å². The fourth-order valence-corrected chi connectivity index (χ4v) is 10.3. The molecule has 0 aromatic carbocycles. The van der Waals surface area contributed by atoms with Crippen LogP contribution in [-0.4, -0.2) is 5.78 Å². The van der Waals surface area contributed by atoms with Crippen LogP contribution in [0.5, 0.6) is 0 Å². The van der Waals surface area contributed by atoms with E-state index in [0.29, 0.717) is 38.8 Å². The molecule has 1 nitrogen and oxygen atoms in total. The van der Waals surface area contributed by atoms with Crippen LogP contribution in [-0.2, 0) is 4.79 Å². The highest BCUT2D eigenvalue weighted by Crippen LogP contribution is 2.75. The Hall–Kier alpha value is -0.590. The van der Waals surface area contributed by atoms with Crippen molar-refractivity contribution in [1.82, 2.24) is 0 Å². The van der Waals surface area contributed by atoms with Crippen LogP contribution in [0.3, 0.4) is 0 Å². The van der Waals surface area contributed by atoms with E-state index in [9.17, 15) is 4.79 Å². The highest BCUT2D eigenvalue weighted by atomic mass is 16.1. The standard InChI is InChI=1S/C30H48O/c1-25(2)15-16-27(5)17-18-29(7)20(21(27)19-25)9-10-23-28(6)13-12-24(31)26(3,4)22(28)11-14-30(23,29)8/h9,21-23H,10-19H2,1-8H3/t21-,22-,23-,27-,28-,29+,30-/m0/s1. The molecule has 5 aliphatic rings. The third-order valence-electron chi connectivity index (χ3n) is 12.8. The molecule has 4 saturated carbocycles. The van der Waals surface area contributed by atoms with Crippen molar-refractivity contribution in [2.75, 3.05) is 0 Å². The van der Waals surface area contributed by atoms with Crippen LogP contribution in [0.4, 0.5) is 0 Å². The van der Waals surface area contributed by atoms with Crippen molar-refractivity contribution < 1.29 is 4.79 Å². The van der Waals surface area contributed by atoms with E-state index in [4.69, 9.17) is 0 Å². The van der Waals surface area contributed by atoms with Gasteiger partial charge in [0, 0.05) is 11.8 Å². The number of hydrogen-bond acceptors (Lipinski definition) is 1. The van der Waals surface area contributed by atoms with E-state index >= 15 is 0 Å². The van der Waals surface area contributed by atoms with Crippen molar-refractivity contribution in [3.05, 3.63) is 11.6 Å². The summed E-state index contributed by atoms with van der Waals surface area (Å²) >= 11 is 0. The Labute approximate surface area is 192 Å². The van der Waals surface area contributed by atoms with Crippen molar-refractivity contribution in [1.29, 1.82) is 0 Å². The summed E-state index contributed by atoms with van der Waals surface area (Å²) in [6.07, 6.45) is 15.5. The molecule has 0 saturated heterocycles. The van der Waals surface area contributed by atoms with Gasteiger partial charge in [-0.05, 0) is 103 Å². The first-order valence-corrected chi connectivity index (χ1v) is 13.4. The zero-order valence-corrected chi connectivity index (χ0v) is 21.8. The van der Waals surface area contributed by atoms with E-state index in [-0.39, 0.29) is 5.41 Å². The normalized spacial score (nSPS) is 52.8. The van der Waals surface area contributed by atoms with Crippen LogP contribution < -0.4 is 0 Å². The number of rotatable bonds is 0. The predicted molar refractivity (Wildman–Crippen MR) is 130 cm³/mol. The average Bonchev–Trinajstić information content (AvgIpc) is 2.67. The molecule has 0 aromatic heterocycles. The Morgan fingerprint density at radius 3 is 2.19 bits per heavy atom. The molecule has 4 fully saturated rings. The lowest BCUT2D eigenvalue weighted by Crippen LogP contribution is -2.64. The van der Waals surface area contributed by atoms with Gasteiger partial charge in [0.25, 0.3) is 0 Å². The van der Waals surface area contributed by atoms with E-state index in [1.54, 1.807) is 0 Å². The molecule has 174 valence electrons. The predicted octanol–water partition coefficient (Wildman–Crippen LogP) is 8.38. The smallest absolute Gasteiger partial charge is 0.138 e. The molecule has 0 heterocycles. The summed E-state index contributed by atoms with van der Waals surface area (Å²) in [5.74, 6) is 2.58. The average molecular weight is 425 g/mol. The topological polar surface area (TPSA) is 17.1 Å². The Balaban J connectivity index is 1.58. The fraction of sp³-hybridized carbons (Fsp3) is 0.900. The molecule has 31 heavy (non-hydrogen) atoms. The lowest BCUT2D eigenvalue weighted by molar-refractivity contribution is -0.184. The molecule has 0 N–H and O–H groups in total. The first-order valence-electron chi connectivity index (χ1n) is 13.4. The Kier molecular flexibility index (Phi) is 4.51. The largest absolute Gasteiger partial charge is 0.299 e. The van der Waals surface area contributed by atoms with Crippen LogP contribution >= 0.6 is 0 Å². The fourth-order valence-electron chi connectivity index (χ4n) is 10.3. The van der Waals surface area contributed by atoms with E-state index in [2.05, 4.69) is 61.5 Å². The molecule has 0 aromatic rings. The van der Waals surface area contributed by atoms with Gasteiger partial charge >= 0.3 is 0 Å². The quantitative estimate of drug-likeness (QED) is 0.357. The van der Waals surface area contributed by atoms with Crippen LogP contribution in [0, 0.1) is 50.2 Å². The zero-order valence-electron chi connectivity index (χ0n) is 21.8. The van der Waals surface area contributed by atoms with Crippen molar-refractivity contribution in [3.63, 3.8) is 0 Å². The summed E-state index contributed by atoms with van der Waals surface area (Å²) in [7, 11) is 0. The van der Waals surface area contributed by atoms with E-state index < -0.39 is 0 Å². The maximum atomic E-state index is 12.9. The molecule has 0 unspecified atom stereocenters. The maximum Gasteiger partial charge on any atom is 0.138 e. The minimum Gasteiger partial charge on any atom is -0.299 e. The minimum absolute atomic E-state index is 0.141. The van der Waals surface area contributed by atoms with Crippen LogP contribution in [0.1, 0.15) is 120 Å². The number of ketones is 1. The summed E-state index contributed by atoms with van der Waals surface area (Å²) in [5.41, 5.74) is 3.75. The number of Topliss-reactive ketones (excluding diaryl/α,β-unsaturated/α-hetero) is 1. The van der Waals surface area contributed by atoms with E-state index in [0.717, 1.165) is 24.7 Å². The number of hydrogen-bond donors (Lipinski definition) is 0. The van der Waals surface area contributed by atoms with Crippen molar-refractivity contribution in [2.24, 2.45) is 50.2 Å². The molecule has 7 atom stereocenters. The van der Waals surface area contributed by atoms with E-state index in [1.807, 2.05) is 5.57 Å². The first kappa shape index (κ1) is 22.2. The monoisotopic (exact) mass is 424 g/mol. The van der Waals surface area contributed by atoms with Crippen LogP contribution in [0.25, 0.3) is 0 Å². The highest BCUT2D eigenvalue weighted by molar-refractivity contribution is 5.85. The molecule has 5 aliphatic carbocycles. The second-order valence-corrected chi connectivity index (χ2v) is 15.0. The molecule has 0 radical (unpaired) electrons. The lowest BCUT2D eigenvalue weighted by atomic mass is 9.34. The first-order chi connectivity index (χ1) is 14.2. The molecule has 0 amide bonds. The van der Waals surface area contributed by atoms with Gasteiger partial charge in [-0.3, -0.25) is 4.79 Å². The Morgan fingerprint density at radius 1 is 0.806 bits per heavy atom. The molecule has 1 heteroatoms. The van der Waals surface area contributed by atoms with Gasteiger partial charge in [0.15, 0.2) is 0 Å². The third-order valence-corrected chi connectivity index (χ3v) is 12.8. The third kappa shape index (κ3) is 2.70. The highest BCUT2D eigenvalue weighted by Gasteiger charge is 2.67. The number of allylic oxidation sites excluding steroid dienone is 2. The summed E-state index contributed by atoms with van der Waals surface area (Å²) in [6, 6.07) is 0. The second kappa shape index (κ2) is 6.29. The summed E-state index contributed by atoms with van der Waals surface area (Å²) in [5, 5.41) is 0. The molecule has 0 bridgehead atoms. The molecule has 0 spiro atoms. The zero-order chi connectivity index (χ0) is 22.7. The summed E-state index contributed by atoms with van der Waals surface area (Å²) in [4.78, 5) is 12.9. The molecular formula is C30H48O. The summed E-state index contributed by atoms with van der Waals surface area (Å²) < 4.78 is 0.